The summed E-state index contributed by atoms with van der Waals surface area (Å²) < 4.78 is 6.56. The maximum atomic E-state index is 12.0. The molecule has 5 heteroatoms. The number of carbonyl (C=O) groups is 1. The molecule has 0 fully saturated rings. The standard InChI is InChI=1S/C20H19BrN2O2/c1-14(2)23-20(24)17(12-22)10-16-8-9-19(18(21)11-16)25-13-15-6-4-3-5-7-15/h3-11,14H,13H2,1-2H3,(H,23,24)/b17-10-. The molecule has 1 amide bonds. The molecule has 0 heterocycles. The zero-order valence-corrected chi connectivity index (χ0v) is 15.7. The highest BCUT2D eigenvalue weighted by atomic mass is 79.9. The topological polar surface area (TPSA) is 62.1 Å². The Morgan fingerprint density at radius 1 is 1.28 bits per heavy atom. The van der Waals surface area contributed by atoms with Crippen molar-refractivity contribution in [3.8, 4) is 11.8 Å². The number of nitrogens with zero attached hydrogens (tertiary/aromatic N) is 1. The van der Waals surface area contributed by atoms with E-state index in [2.05, 4.69) is 21.2 Å². The number of nitrogens with one attached hydrogen (secondary N) is 1. The summed E-state index contributed by atoms with van der Waals surface area (Å²) >= 11 is 3.47. The number of benzene rings is 2. The van der Waals surface area contributed by atoms with E-state index < -0.39 is 0 Å². The van der Waals surface area contributed by atoms with Crippen LogP contribution in [0.1, 0.15) is 25.0 Å². The van der Waals surface area contributed by atoms with Gasteiger partial charge in [-0.25, -0.2) is 0 Å². The number of nitriles is 1. The highest BCUT2D eigenvalue weighted by molar-refractivity contribution is 9.10. The minimum absolute atomic E-state index is 0.0234. The Morgan fingerprint density at radius 2 is 2.00 bits per heavy atom. The molecule has 2 aromatic rings. The van der Waals surface area contributed by atoms with Crippen molar-refractivity contribution < 1.29 is 9.53 Å². The predicted octanol–water partition coefficient (Wildman–Crippen LogP) is 4.46. The molecule has 2 rings (SSSR count). The molecular weight excluding hydrogens is 380 g/mol. The van der Waals surface area contributed by atoms with E-state index in [9.17, 15) is 10.1 Å². The number of hydrogen-bond acceptors (Lipinski definition) is 3. The molecule has 0 radical (unpaired) electrons. The van der Waals surface area contributed by atoms with Crippen LogP contribution in [0.5, 0.6) is 5.75 Å². The van der Waals surface area contributed by atoms with Crippen molar-refractivity contribution in [3.05, 3.63) is 69.7 Å². The molecule has 0 unspecified atom stereocenters. The third-order valence-electron chi connectivity index (χ3n) is 3.29. The van der Waals surface area contributed by atoms with Gasteiger partial charge in [0.15, 0.2) is 0 Å². The molecule has 2 aromatic carbocycles. The first-order valence-corrected chi connectivity index (χ1v) is 8.68. The molecule has 0 bridgehead atoms. The van der Waals surface area contributed by atoms with E-state index in [0.717, 1.165) is 15.6 Å². The van der Waals surface area contributed by atoms with Gasteiger partial charge in [0, 0.05) is 6.04 Å². The first-order chi connectivity index (χ1) is 12.0. The molecule has 128 valence electrons. The van der Waals surface area contributed by atoms with Gasteiger partial charge in [-0.15, -0.1) is 0 Å². The molecule has 0 spiro atoms. The first-order valence-electron chi connectivity index (χ1n) is 7.88. The van der Waals surface area contributed by atoms with Gasteiger partial charge in [-0.3, -0.25) is 4.79 Å². The zero-order chi connectivity index (χ0) is 18.2. The van der Waals surface area contributed by atoms with Crippen LogP contribution in [-0.4, -0.2) is 11.9 Å². The van der Waals surface area contributed by atoms with Gasteiger partial charge in [0.2, 0.25) is 0 Å². The average Bonchev–Trinajstić information content (AvgIpc) is 2.59. The average molecular weight is 399 g/mol. The van der Waals surface area contributed by atoms with E-state index in [1.54, 1.807) is 6.08 Å². The van der Waals surface area contributed by atoms with Crippen molar-refractivity contribution in [1.82, 2.24) is 5.32 Å². The quantitative estimate of drug-likeness (QED) is 0.576. The minimum Gasteiger partial charge on any atom is -0.488 e. The van der Waals surface area contributed by atoms with Crippen molar-refractivity contribution in [1.29, 1.82) is 5.26 Å². The fourth-order valence-electron chi connectivity index (χ4n) is 2.11. The van der Waals surface area contributed by atoms with Crippen molar-refractivity contribution in [2.24, 2.45) is 0 Å². The van der Waals surface area contributed by atoms with E-state index in [4.69, 9.17) is 4.74 Å². The van der Waals surface area contributed by atoms with Crippen LogP contribution in [0.3, 0.4) is 0 Å². The molecule has 0 atom stereocenters. The Kier molecular flexibility index (Phi) is 6.79. The number of ether oxygens (including phenoxy) is 1. The number of carbonyl (C=O) groups excluding carboxylic acids is 1. The SMILES string of the molecule is CC(C)NC(=O)/C(C#N)=C\c1ccc(OCc2ccccc2)c(Br)c1. The van der Waals surface area contributed by atoms with Crippen molar-refractivity contribution in [2.45, 2.75) is 26.5 Å². The zero-order valence-electron chi connectivity index (χ0n) is 14.1. The summed E-state index contributed by atoms with van der Waals surface area (Å²) in [5.41, 5.74) is 1.89. The monoisotopic (exact) mass is 398 g/mol. The van der Waals surface area contributed by atoms with E-state index in [0.29, 0.717) is 12.4 Å². The fraction of sp³-hybridized carbons (Fsp3) is 0.200. The molecule has 4 nitrogen and oxygen atoms in total. The lowest BCUT2D eigenvalue weighted by molar-refractivity contribution is -0.117. The molecule has 0 saturated heterocycles. The lowest BCUT2D eigenvalue weighted by Crippen LogP contribution is -2.30. The van der Waals surface area contributed by atoms with Gasteiger partial charge in [0.05, 0.1) is 4.47 Å². The van der Waals surface area contributed by atoms with Gasteiger partial charge >= 0.3 is 0 Å². The summed E-state index contributed by atoms with van der Waals surface area (Å²) in [6.07, 6.45) is 1.56. The Hall–Kier alpha value is -2.58. The third-order valence-corrected chi connectivity index (χ3v) is 3.91. The van der Waals surface area contributed by atoms with Crippen LogP contribution >= 0.6 is 15.9 Å². The summed E-state index contributed by atoms with van der Waals surface area (Å²) in [7, 11) is 0. The van der Waals surface area contributed by atoms with Gasteiger partial charge in [0.25, 0.3) is 5.91 Å². The molecule has 1 N–H and O–H groups in total. The molecular formula is C20H19BrN2O2. The third kappa shape index (κ3) is 5.77. The normalized spacial score (nSPS) is 11.1. The fourth-order valence-corrected chi connectivity index (χ4v) is 2.63. The number of rotatable bonds is 6. The highest BCUT2D eigenvalue weighted by Crippen LogP contribution is 2.27. The van der Waals surface area contributed by atoms with Gasteiger partial charge in [-0.05, 0) is 59.1 Å². The maximum absolute atomic E-state index is 12.0. The molecule has 0 saturated carbocycles. The van der Waals surface area contributed by atoms with Gasteiger partial charge in [0.1, 0.15) is 24.0 Å². The molecule has 0 aliphatic carbocycles. The van der Waals surface area contributed by atoms with Crippen LogP contribution < -0.4 is 10.1 Å². The minimum atomic E-state index is -0.377. The number of amides is 1. The molecule has 0 aliphatic rings. The van der Waals surface area contributed by atoms with Crippen molar-refractivity contribution >= 4 is 27.9 Å². The Morgan fingerprint density at radius 3 is 2.60 bits per heavy atom. The van der Waals surface area contributed by atoms with E-state index in [1.165, 1.54) is 0 Å². The summed E-state index contributed by atoms with van der Waals surface area (Å²) in [6, 6.07) is 17.2. The number of hydrogen-bond donors (Lipinski definition) is 1. The maximum Gasteiger partial charge on any atom is 0.262 e. The largest absolute Gasteiger partial charge is 0.488 e. The van der Waals surface area contributed by atoms with E-state index >= 15 is 0 Å². The molecule has 0 aliphatic heterocycles. The predicted molar refractivity (Wildman–Crippen MR) is 102 cm³/mol. The van der Waals surface area contributed by atoms with E-state index in [1.807, 2.05) is 68.4 Å². The van der Waals surface area contributed by atoms with E-state index in [-0.39, 0.29) is 17.5 Å². The Bertz CT molecular complexity index is 808. The molecule has 25 heavy (non-hydrogen) atoms. The smallest absolute Gasteiger partial charge is 0.262 e. The highest BCUT2D eigenvalue weighted by Gasteiger charge is 2.10. The number of halogens is 1. The summed E-state index contributed by atoms with van der Waals surface area (Å²) in [4.78, 5) is 12.0. The van der Waals surface area contributed by atoms with Gasteiger partial charge < -0.3 is 10.1 Å². The van der Waals surface area contributed by atoms with Crippen molar-refractivity contribution in [2.75, 3.05) is 0 Å². The lowest BCUT2D eigenvalue weighted by atomic mass is 10.1. The second-order valence-electron chi connectivity index (χ2n) is 5.76. The van der Waals surface area contributed by atoms with Crippen LogP contribution in [0.2, 0.25) is 0 Å². The van der Waals surface area contributed by atoms with Crippen molar-refractivity contribution in [3.63, 3.8) is 0 Å². The van der Waals surface area contributed by atoms with Gasteiger partial charge in [-0.2, -0.15) is 5.26 Å². The van der Waals surface area contributed by atoms with Crippen LogP contribution in [0.25, 0.3) is 6.08 Å². The van der Waals surface area contributed by atoms with Crippen LogP contribution in [0, 0.1) is 11.3 Å². The van der Waals surface area contributed by atoms with Gasteiger partial charge in [-0.1, -0.05) is 36.4 Å². The summed E-state index contributed by atoms with van der Waals surface area (Å²) in [6.45, 7) is 4.17. The summed E-state index contributed by atoms with van der Waals surface area (Å²) in [5, 5.41) is 11.9. The Labute approximate surface area is 156 Å². The lowest BCUT2D eigenvalue weighted by Gasteiger charge is -2.10. The Balaban J connectivity index is 2.11. The van der Waals surface area contributed by atoms with Crippen LogP contribution in [0.15, 0.2) is 58.6 Å². The van der Waals surface area contributed by atoms with Crippen LogP contribution in [-0.2, 0) is 11.4 Å². The first kappa shape index (κ1) is 18.8. The molecule has 0 aromatic heterocycles. The summed E-state index contributed by atoms with van der Waals surface area (Å²) in [5.74, 6) is 0.323. The van der Waals surface area contributed by atoms with Crippen LogP contribution in [0.4, 0.5) is 0 Å². The second kappa shape index (κ2) is 9.05. The second-order valence-corrected chi connectivity index (χ2v) is 6.62.